The lowest BCUT2D eigenvalue weighted by atomic mass is 10.1. The summed E-state index contributed by atoms with van der Waals surface area (Å²) in [6.45, 7) is 1.59. The van der Waals surface area contributed by atoms with Crippen molar-refractivity contribution in [2.45, 2.75) is 32.4 Å². The maximum atomic E-state index is 12.6. The van der Waals surface area contributed by atoms with Crippen molar-refractivity contribution in [1.29, 1.82) is 0 Å². The van der Waals surface area contributed by atoms with Gasteiger partial charge in [0.05, 0.1) is 17.6 Å². The van der Waals surface area contributed by atoms with Crippen molar-refractivity contribution in [3.05, 3.63) is 69.3 Å². The fraction of sp³-hybridized carbons (Fsp3) is 0.333. The Kier molecular flexibility index (Phi) is 6.11. The van der Waals surface area contributed by atoms with E-state index in [2.05, 4.69) is 0 Å². The predicted molar refractivity (Wildman–Crippen MR) is 105 cm³/mol. The highest BCUT2D eigenvalue weighted by Gasteiger charge is 2.33. The van der Waals surface area contributed by atoms with Gasteiger partial charge in [-0.1, -0.05) is 18.2 Å². The molecule has 2 aromatic carbocycles. The van der Waals surface area contributed by atoms with Gasteiger partial charge in [-0.3, -0.25) is 14.9 Å². The minimum atomic E-state index is -0.762. The lowest BCUT2D eigenvalue weighted by Crippen LogP contribution is -2.36. The van der Waals surface area contributed by atoms with Crippen LogP contribution in [0.5, 0.6) is 5.75 Å². The molecule has 152 valence electrons. The molecule has 8 heteroatoms. The molecule has 1 amide bonds. The number of hydrogen-bond acceptors (Lipinski definition) is 6. The summed E-state index contributed by atoms with van der Waals surface area (Å²) in [6.07, 6.45) is 1.83. The number of esters is 1. The zero-order valence-corrected chi connectivity index (χ0v) is 16.3. The van der Waals surface area contributed by atoms with E-state index in [0.717, 1.165) is 30.2 Å². The molecule has 1 aliphatic carbocycles. The molecule has 29 heavy (non-hydrogen) atoms. The number of benzene rings is 2. The van der Waals surface area contributed by atoms with Gasteiger partial charge in [-0.15, -0.1) is 0 Å². The predicted octanol–water partition coefficient (Wildman–Crippen LogP) is 3.26. The molecule has 0 atom stereocenters. The molecule has 1 saturated carbocycles. The first-order valence-electron chi connectivity index (χ1n) is 9.23. The molecule has 0 aliphatic heterocycles. The zero-order chi connectivity index (χ0) is 21.0. The van der Waals surface area contributed by atoms with Crippen LogP contribution in [0.2, 0.25) is 0 Å². The third-order valence-corrected chi connectivity index (χ3v) is 4.79. The Labute approximate surface area is 168 Å². The molecule has 8 nitrogen and oxygen atoms in total. The van der Waals surface area contributed by atoms with Crippen LogP contribution >= 0.6 is 0 Å². The highest BCUT2D eigenvalue weighted by molar-refractivity contribution is 5.92. The average molecular weight is 398 g/mol. The number of amides is 1. The summed E-state index contributed by atoms with van der Waals surface area (Å²) in [5, 5.41) is 11.0. The van der Waals surface area contributed by atoms with E-state index in [0.29, 0.717) is 12.1 Å². The Morgan fingerprint density at radius 1 is 1.17 bits per heavy atom. The van der Waals surface area contributed by atoms with Crippen molar-refractivity contribution in [1.82, 2.24) is 4.90 Å². The van der Waals surface area contributed by atoms with Crippen LogP contribution in [0, 0.1) is 17.0 Å². The van der Waals surface area contributed by atoms with E-state index in [1.54, 1.807) is 18.9 Å². The van der Waals surface area contributed by atoms with E-state index >= 15 is 0 Å². The molecule has 2 aromatic rings. The molecule has 0 bridgehead atoms. The second-order valence-corrected chi connectivity index (χ2v) is 6.94. The minimum absolute atomic E-state index is 0.0447. The summed E-state index contributed by atoms with van der Waals surface area (Å²) >= 11 is 0. The van der Waals surface area contributed by atoms with Crippen LogP contribution in [0.1, 0.15) is 34.3 Å². The normalized spacial score (nSPS) is 12.9. The number of nitro benzene ring substituents is 1. The van der Waals surface area contributed by atoms with Crippen LogP contribution < -0.4 is 4.74 Å². The third-order valence-electron chi connectivity index (χ3n) is 4.79. The lowest BCUT2D eigenvalue weighted by Gasteiger charge is -2.22. The van der Waals surface area contributed by atoms with Crippen molar-refractivity contribution in [3.63, 3.8) is 0 Å². The summed E-state index contributed by atoms with van der Waals surface area (Å²) < 4.78 is 10.3. The van der Waals surface area contributed by atoms with E-state index in [1.807, 2.05) is 24.3 Å². The largest absolute Gasteiger partial charge is 0.497 e. The quantitative estimate of drug-likeness (QED) is 0.384. The van der Waals surface area contributed by atoms with E-state index in [1.165, 1.54) is 12.1 Å². The van der Waals surface area contributed by atoms with Gasteiger partial charge in [0, 0.05) is 24.2 Å². The van der Waals surface area contributed by atoms with Crippen molar-refractivity contribution >= 4 is 17.6 Å². The van der Waals surface area contributed by atoms with Crippen LogP contribution in [0.3, 0.4) is 0 Å². The summed E-state index contributed by atoms with van der Waals surface area (Å²) in [5.74, 6) is -0.320. The van der Waals surface area contributed by atoms with Crippen molar-refractivity contribution < 1.29 is 24.0 Å². The number of nitrogens with zero attached hydrogens (tertiary/aromatic N) is 2. The SMILES string of the molecule is COc1ccc(CN(C(=O)COC(=O)c2ccc(C)c([N+](=O)[O-])c2)C2CC2)cc1. The highest BCUT2D eigenvalue weighted by Crippen LogP contribution is 2.29. The topological polar surface area (TPSA) is 99.0 Å². The molecule has 1 fully saturated rings. The molecule has 0 aromatic heterocycles. The monoisotopic (exact) mass is 398 g/mol. The second-order valence-electron chi connectivity index (χ2n) is 6.94. The summed E-state index contributed by atoms with van der Waals surface area (Å²) in [6, 6.07) is 11.7. The number of aryl methyl sites for hydroxylation is 1. The first-order chi connectivity index (χ1) is 13.9. The molecule has 0 unspecified atom stereocenters. The summed E-state index contributed by atoms with van der Waals surface area (Å²) in [5.41, 5.74) is 1.28. The number of carbonyl (C=O) groups excluding carboxylic acids is 2. The summed E-state index contributed by atoms with van der Waals surface area (Å²) in [7, 11) is 1.59. The molecular weight excluding hydrogens is 376 g/mol. The van der Waals surface area contributed by atoms with Crippen molar-refractivity contribution in [2.24, 2.45) is 0 Å². The molecule has 0 spiro atoms. The van der Waals surface area contributed by atoms with Crippen LogP contribution in [0.15, 0.2) is 42.5 Å². The van der Waals surface area contributed by atoms with Crippen molar-refractivity contribution in [2.75, 3.05) is 13.7 Å². The number of nitro groups is 1. The molecular formula is C21H22N2O6. The average Bonchev–Trinajstić information content (AvgIpc) is 3.55. The number of hydrogen-bond donors (Lipinski definition) is 0. The summed E-state index contributed by atoms with van der Waals surface area (Å²) in [4.78, 5) is 37.1. The van der Waals surface area contributed by atoms with Gasteiger partial charge in [-0.2, -0.15) is 0 Å². The van der Waals surface area contributed by atoms with Gasteiger partial charge in [0.25, 0.3) is 11.6 Å². The Morgan fingerprint density at radius 3 is 2.45 bits per heavy atom. The third kappa shape index (κ3) is 5.10. The standard InChI is InChI=1S/C21H22N2O6/c1-14-3-6-16(11-19(14)23(26)27)21(25)29-13-20(24)22(17-7-8-17)12-15-4-9-18(28-2)10-5-15/h3-6,9-11,17H,7-8,12-13H2,1-2H3. The molecule has 0 saturated heterocycles. The smallest absolute Gasteiger partial charge is 0.338 e. The van der Waals surface area contributed by atoms with Gasteiger partial charge >= 0.3 is 5.97 Å². The fourth-order valence-corrected chi connectivity index (χ4v) is 2.96. The highest BCUT2D eigenvalue weighted by atomic mass is 16.6. The number of ether oxygens (including phenoxy) is 2. The number of carbonyl (C=O) groups is 2. The van der Waals surface area contributed by atoms with Gasteiger partial charge in [0.2, 0.25) is 0 Å². The molecule has 0 heterocycles. The second kappa shape index (κ2) is 8.72. The van der Waals surface area contributed by atoms with E-state index in [9.17, 15) is 19.7 Å². The fourth-order valence-electron chi connectivity index (χ4n) is 2.96. The van der Waals surface area contributed by atoms with Gasteiger partial charge in [-0.05, 0) is 43.5 Å². The first kappa shape index (κ1) is 20.3. The van der Waals surface area contributed by atoms with Crippen LogP contribution in [-0.2, 0) is 16.1 Å². The van der Waals surface area contributed by atoms with E-state index in [-0.39, 0.29) is 23.2 Å². The van der Waals surface area contributed by atoms with Gasteiger partial charge < -0.3 is 14.4 Å². The van der Waals surface area contributed by atoms with Crippen molar-refractivity contribution in [3.8, 4) is 5.75 Å². The maximum Gasteiger partial charge on any atom is 0.338 e. The lowest BCUT2D eigenvalue weighted by molar-refractivity contribution is -0.385. The van der Waals surface area contributed by atoms with Crippen LogP contribution in [0.25, 0.3) is 0 Å². The minimum Gasteiger partial charge on any atom is -0.497 e. The van der Waals surface area contributed by atoms with Gasteiger partial charge in [-0.25, -0.2) is 4.79 Å². The Morgan fingerprint density at radius 2 is 1.86 bits per heavy atom. The van der Waals surface area contributed by atoms with Gasteiger partial charge in [0.15, 0.2) is 6.61 Å². The Bertz CT molecular complexity index is 921. The van der Waals surface area contributed by atoms with E-state index < -0.39 is 17.5 Å². The zero-order valence-electron chi connectivity index (χ0n) is 16.3. The maximum absolute atomic E-state index is 12.6. The Hall–Kier alpha value is -3.42. The molecule has 0 radical (unpaired) electrons. The molecule has 3 rings (SSSR count). The first-order valence-corrected chi connectivity index (χ1v) is 9.23. The number of methoxy groups -OCH3 is 1. The molecule has 0 N–H and O–H groups in total. The van der Waals surface area contributed by atoms with E-state index in [4.69, 9.17) is 9.47 Å². The Balaban J connectivity index is 1.62. The van der Waals surface area contributed by atoms with Crippen LogP contribution in [-0.4, -0.2) is 41.5 Å². The van der Waals surface area contributed by atoms with Crippen LogP contribution in [0.4, 0.5) is 5.69 Å². The van der Waals surface area contributed by atoms with Gasteiger partial charge in [0.1, 0.15) is 5.75 Å². The molecule has 1 aliphatic rings. The number of rotatable bonds is 8.